The van der Waals surface area contributed by atoms with Crippen molar-refractivity contribution in [3.05, 3.63) is 35.2 Å². The first-order valence-electron chi connectivity index (χ1n) is 6.05. The van der Waals surface area contributed by atoms with Crippen LogP contribution in [0.3, 0.4) is 0 Å². The average Bonchev–Trinajstić information content (AvgIpc) is 2.31. The molecule has 86 valence electrons. The van der Waals surface area contributed by atoms with Gasteiger partial charge in [0.25, 0.3) is 0 Å². The molecule has 16 heavy (non-hydrogen) atoms. The van der Waals surface area contributed by atoms with Gasteiger partial charge < -0.3 is 4.90 Å². The third kappa shape index (κ3) is 2.33. The van der Waals surface area contributed by atoms with Crippen molar-refractivity contribution in [1.82, 2.24) is 9.88 Å². The van der Waals surface area contributed by atoms with Crippen molar-refractivity contribution in [2.45, 2.75) is 26.7 Å². The lowest BCUT2D eigenvalue weighted by atomic mass is 10.0. The molecule has 0 bridgehead atoms. The Hall–Kier alpha value is -1.15. The van der Waals surface area contributed by atoms with Gasteiger partial charge in [0.1, 0.15) is 0 Å². The fourth-order valence-corrected chi connectivity index (χ4v) is 2.11. The summed E-state index contributed by atoms with van der Waals surface area (Å²) in [6.45, 7) is 6.50. The standard InChI is InChI=1S/C14H20N2/c1-4-13-11(2)5-6-14(15-13)12-7-9-16(3)10-8-12/h5-7H,4,8-10H2,1-3H3. The zero-order valence-corrected chi connectivity index (χ0v) is 10.5. The van der Waals surface area contributed by atoms with Gasteiger partial charge in [0, 0.05) is 18.8 Å². The molecule has 0 unspecified atom stereocenters. The van der Waals surface area contributed by atoms with Crippen molar-refractivity contribution in [2.24, 2.45) is 0 Å². The molecule has 0 aliphatic carbocycles. The van der Waals surface area contributed by atoms with Crippen molar-refractivity contribution in [1.29, 1.82) is 0 Å². The summed E-state index contributed by atoms with van der Waals surface area (Å²) in [5.74, 6) is 0. The predicted octanol–water partition coefficient (Wildman–Crippen LogP) is 2.67. The quantitative estimate of drug-likeness (QED) is 0.755. The van der Waals surface area contributed by atoms with E-state index in [1.807, 2.05) is 0 Å². The van der Waals surface area contributed by atoms with Crippen LogP contribution in [0, 0.1) is 6.92 Å². The highest BCUT2D eigenvalue weighted by molar-refractivity contribution is 5.64. The summed E-state index contributed by atoms with van der Waals surface area (Å²) < 4.78 is 0. The smallest absolute Gasteiger partial charge is 0.0662 e. The third-order valence-electron chi connectivity index (χ3n) is 3.28. The van der Waals surface area contributed by atoms with E-state index in [0.717, 1.165) is 25.9 Å². The van der Waals surface area contributed by atoms with Gasteiger partial charge in [-0.1, -0.05) is 19.1 Å². The topological polar surface area (TPSA) is 16.1 Å². The zero-order chi connectivity index (χ0) is 11.5. The Balaban J connectivity index is 2.27. The molecule has 0 amide bonds. The first kappa shape index (κ1) is 11.3. The lowest BCUT2D eigenvalue weighted by Gasteiger charge is -2.22. The van der Waals surface area contributed by atoms with Crippen LogP contribution in [-0.4, -0.2) is 30.0 Å². The van der Waals surface area contributed by atoms with Gasteiger partial charge in [-0.3, -0.25) is 4.98 Å². The van der Waals surface area contributed by atoms with E-state index in [9.17, 15) is 0 Å². The number of aromatic nitrogens is 1. The number of hydrogen-bond acceptors (Lipinski definition) is 2. The molecule has 2 heterocycles. The predicted molar refractivity (Wildman–Crippen MR) is 68.4 cm³/mol. The highest BCUT2D eigenvalue weighted by atomic mass is 15.1. The molecular weight excluding hydrogens is 196 g/mol. The van der Waals surface area contributed by atoms with Gasteiger partial charge in [-0.25, -0.2) is 0 Å². The maximum atomic E-state index is 4.75. The van der Waals surface area contributed by atoms with E-state index in [1.54, 1.807) is 0 Å². The largest absolute Gasteiger partial charge is 0.302 e. The molecule has 0 atom stereocenters. The van der Waals surface area contributed by atoms with Crippen molar-refractivity contribution in [3.8, 4) is 0 Å². The van der Waals surface area contributed by atoms with Gasteiger partial charge >= 0.3 is 0 Å². The Morgan fingerprint density at radius 1 is 1.38 bits per heavy atom. The van der Waals surface area contributed by atoms with E-state index in [1.165, 1.54) is 22.5 Å². The van der Waals surface area contributed by atoms with Gasteiger partial charge in [-0.05, 0) is 44.0 Å². The zero-order valence-electron chi connectivity index (χ0n) is 10.5. The van der Waals surface area contributed by atoms with Crippen LogP contribution in [0.15, 0.2) is 18.2 Å². The van der Waals surface area contributed by atoms with Gasteiger partial charge in [-0.2, -0.15) is 0 Å². The molecule has 1 aromatic rings. The van der Waals surface area contributed by atoms with E-state index in [2.05, 4.69) is 44.0 Å². The fourth-order valence-electron chi connectivity index (χ4n) is 2.11. The molecule has 0 saturated carbocycles. The molecule has 0 spiro atoms. The maximum absolute atomic E-state index is 4.75. The molecule has 0 aromatic carbocycles. The molecule has 2 nitrogen and oxygen atoms in total. The van der Waals surface area contributed by atoms with E-state index >= 15 is 0 Å². The lowest BCUT2D eigenvalue weighted by molar-refractivity contribution is 0.369. The van der Waals surface area contributed by atoms with Crippen LogP contribution >= 0.6 is 0 Å². The highest BCUT2D eigenvalue weighted by Crippen LogP contribution is 2.21. The van der Waals surface area contributed by atoms with E-state index < -0.39 is 0 Å². The van der Waals surface area contributed by atoms with Crippen LogP contribution in [-0.2, 0) is 6.42 Å². The first-order chi connectivity index (χ1) is 7.70. The number of likely N-dealkylation sites (N-methyl/N-ethyl adjacent to an activating group) is 1. The number of pyridine rings is 1. The molecule has 0 radical (unpaired) electrons. The molecule has 1 aliphatic rings. The van der Waals surface area contributed by atoms with Crippen molar-refractivity contribution >= 4 is 5.57 Å². The molecule has 0 saturated heterocycles. The normalized spacial score (nSPS) is 17.3. The minimum Gasteiger partial charge on any atom is -0.302 e. The summed E-state index contributed by atoms with van der Waals surface area (Å²) in [5.41, 5.74) is 5.13. The molecule has 2 heteroatoms. The lowest BCUT2D eigenvalue weighted by Crippen LogP contribution is -2.23. The summed E-state index contributed by atoms with van der Waals surface area (Å²) in [6.07, 6.45) is 4.45. The summed E-state index contributed by atoms with van der Waals surface area (Å²) >= 11 is 0. The van der Waals surface area contributed by atoms with Crippen LogP contribution in [0.25, 0.3) is 5.57 Å². The Morgan fingerprint density at radius 2 is 2.19 bits per heavy atom. The molecule has 1 aliphatic heterocycles. The molecule has 2 rings (SSSR count). The van der Waals surface area contributed by atoms with E-state index in [4.69, 9.17) is 4.98 Å². The van der Waals surface area contributed by atoms with Gasteiger partial charge in [0.15, 0.2) is 0 Å². The fraction of sp³-hybridized carbons (Fsp3) is 0.500. The van der Waals surface area contributed by atoms with Crippen LogP contribution in [0.5, 0.6) is 0 Å². The second-order valence-electron chi connectivity index (χ2n) is 4.56. The minimum atomic E-state index is 1.02. The van der Waals surface area contributed by atoms with Gasteiger partial charge in [-0.15, -0.1) is 0 Å². The maximum Gasteiger partial charge on any atom is 0.0662 e. The minimum absolute atomic E-state index is 1.02. The molecule has 0 N–H and O–H groups in total. The van der Waals surface area contributed by atoms with Crippen LogP contribution < -0.4 is 0 Å². The van der Waals surface area contributed by atoms with Crippen molar-refractivity contribution in [3.63, 3.8) is 0 Å². The summed E-state index contributed by atoms with van der Waals surface area (Å²) in [4.78, 5) is 7.08. The van der Waals surface area contributed by atoms with E-state index in [-0.39, 0.29) is 0 Å². The Labute approximate surface area is 98.0 Å². The first-order valence-corrected chi connectivity index (χ1v) is 6.05. The van der Waals surface area contributed by atoms with Crippen molar-refractivity contribution in [2.75, 3.05) is 20.1 Å². The van der Waals surface area contributed by atoms with E-state index in [0.29, 0.717) is 0 Å². The SMILES string of the molecule is CCc1nc(C2=CCN(C)CC2)ccc1C. The Bertz CT molecular complexity index is 407. The molecule has 0 fully saturated rings. The summed E-state index contributed by atoms with van der Waals surface area (Å²) in [5, 5.41) is 0. The van der Waals surface area contributed by atoms with Gasteiger partial charge in [0.05, 0.1) is 5.69 Å². The van der Waals surface area contributed by atoms with Crippen LogP contribution in [0.1, 0.15) is 30.3 Å². The van der Waals surface area contributed by atoms with Crippen molar-refractivity contribution < 1.29 is 0 Å². The monoisotopic (exact) mass is 216 g/mol. The third-order valence-corrected chi connectivity index (χ3v) is 3.28. The second kappa shape index (κ2) is 4.79. The Kier molecular flexibility index (Phi) is 3.39. The summed E-state index contributed by atoms with van der Waals surface area (Å²) in [6, 6.07) is 4.35. The molecular formula is C14H20N2. The highest BCUT2D eigenvalue weighted by Gasteiger charge is 2.11. The number of aryl methyl sites for hydroxylation is 2. The molecule has 1 aromatic heterocycles. The number of nitrogens with zero attached hydrogens (tertiary/aromatic N) is 2. The average molecular weight is 216 g/mol. The second-order valence-corrected chi connectivity index (χ2v) is 4.56. The van der Waals surface area contributed by atoms with Crippen LogP contribution in [0.4, 0.5) is 0 Å². The number of hydrogen-bond donors (Lipinski definition) is 0. The number of rotatable bonds is 2. The van der Waals surface area contributed by atoms with Crippen LogP contribution in [0.2, 0.25) is 0 Å². The van der Waals surface area contributed by atoms with Gasteiger partial charge in [0.2, 0.25) is 0 Å². The Morgan fingerprint density at radius 3 is 2.81 bits per heavy atom. The summed E-state index contributed by atoms with van der Waals surface area (Å²) in [7, 11) is 2.16.